The van der Waals surface area contributed by atoms with Gasteiger partial charge in [0.2, 0.25) is 11.7 Å². The summed E-state index contributed by atoms with van der Waals surface area (Å²) >= 11 is 0. The summed E-state index contributed by atoms with van der Waals surface area (Å²) in [7, 11) is 0. The third-order valence-electron chi connectivity index (χ3n) is 5.57. The molecule has 2 N–H and O–H groups in total. The first kappa shape index (κ1) is 32.1. The Morgan fingerprint density at radius 2 is 1.24 bits per heavy atom. The van der Waals surface area contributed by atoms with Gasteiger partial charge in [0.05, 0.1) is 0 Å². The first-order chi connectivity index (χ1) is 16.0. The zero-order chi connectivity index (χ0) is 26.0. The molecule has 0 aromatic carbocycles. The third-order valence-corrected chi connectivity index (χ3v) is 5.57. The van der Waals surface area contributed by atoms with E-state index in [1.165, 1.54) is 57.8 Å². The number of carbonyl (C=O) groups excluding carboxylic acids is 4. The van der Waals surface area contributed by atoms with Crippen molar-refractivity contribution in [1.29, 1.82) is 0 Å². The van der Waals surface area contributed by atoms with E-state index < -0.39 is 35.2 Å². The molecule has 34 heavy (non-hydrogen) atoms. The largest absolute Gasteiger partial charge is 0.459 e. The van der Waals surface area contributed by atoms with Crippen molar-refractivity contribution in [3.63, 3.8) is 0 Å². The van der Waals surface area contributed by atoms with E-state index in [2.05, 4.69) is 17.6 Å². The highest BCUT2D eigenvalue weighted by atomic mass is 16.6. The Morgan fingerprint density at radius 1 is 0.765 bits per heavy atom. The van der Waals surface area contributed by atoms with E-state index in [0.29, 0.717) is 6.42 Å². The molecule has 1 atom stereocenters. The Balaban J connectivity index is 4.09. The zero-order valence-corrected chi connectivity index (χ0v) is 22.6. The molecule has 0 aromatic heterocycles. The van der Waals surface area contributed by atoms with E-state index in [9.17, 15) is 19.2 Å². The molecule has 0 aliphatic carbocycles. The molecule has 2 amide bonds. The van der Waals surface area contributed by atoms with Crippen molar-refractivity contribution < 1.29 is 23.9 Å². The van der Waals surface area contributed by atoms with Crippen molar-refractivity contribution >= 4 is 23.6 Å². The van der Waals surface area contributed by atoms with E-state index >= 15 is 0 Å². The topological polar surface area (TPSA) is 102 Å². The number of unbranched alkanes of at least 4 members (excludes halogenated alkanes) is 11. The average molecular weight is 483 g/mol. The second-order valence-corrected chi connectivity index (χ2v) is 10.6. The van der Waals surface area contributed by atoms with Crippen LogP contribution in [0.15, 0.2) is 0 Å². The molecule has 0 unspecified atom stereocenters. The maximum absolute atomic E-state index is 12.4. The van der Waals surface area contributed by atoms with Crippen LogP contribution in [0.5, 0.6) is 0 Å². The van der Waals surface area contributed by atoms with Crippen LogP contribution in [0, 0.1) is 5.92 Å². The fourth-order valence-electron chi connectivity index (χ4n) is 3.64. The Morgan fingerprint density at radius 3 is 1.68 bits per heavy atom. The van der Waals surface area contributed by atoms with Crippen LogP contribution in [0.3, 0.4) is 0 Å². The van der Waals surface area contributed by atoms with Crippen molar-refractivity contribution in [3.8, 4) is 0 Å². The minimum atomic E-state index is -0.888. The SMILES string of the molecule is CCCCCCCCCCCCCCC(=O)C(=O)N[C@H](C(=O)NCC(=O)OC(C)(C)C)C(C)C. The molecule has 0 aliphatic rings. The summed E-state index contributed by atoms with van der Waals surface area (Å²) in [5.74, 6) is -2.54. The van der Waals surface area contributed by atoms with Gasteiger partial charge >= 0.3 is 5.97 Å². The lowest BCUT2D eigenvalue weighted by Crippen LogP contribution is -2.52. The highest BCUT2D eigenvalue weighted by molar-refractivity contribution is 6.36. The van der Waals surface area contributed by atoms with Crippen molar-refractivity contribution in [3.05, 3.63) is 0 Å². The van der Waals surface area contributed by atoms with E-state index in [4.69, 9.17) is 4.74 Å². The van der Waals surface area contributed by atoms with Gasteiger partial charge < -0.3 is 15.4 Å². The molecule has 198 valence electrons. The summed E-state index contributed by atoms with van der Waals surface area (Å²) < 4.78 is 5.16. The maximum Gasteiger partial charge on any atom is 0.325 e. The number of Topliss-reactive ketones (excluding diaryl/α,β-unsaturated/α-hetero) is 1. The molecule has 0 spiro atoms. The summed E-state index contributed by atoms with van der Waals surface area (Å²) in [6, 6.07) is -0.888. The zero-order valence-electron chi connectivity index (χ0n) is 22.6. The van der Waals surface area contributed by atoms with Gasteiger partial charge in [-0.15, -0.1) is 0 Å². The van der Waals surface area contributed by atoms with Crippen molar-refractivity contribution in [1.82, 2.24) is 10.6 Å². The van der Waals surface area contributed by atoms with Crippen LogP contribution < -0.4 is 10.6 Å². The van der Waals surface area contributed by atoms with Crippen molar-refractivity contribution in [2.45, 2.75) is 137 Å². The standard InChI is InChI=1S/C27H50N2O5/c1-7-8-9-10-11-12-13-14-15-16-17-18-19-22(30)25(32)29-24(21(2)3)26(33)28-20-23(31)34-27(4,5)6/h21,24H,7-20H2,1-6H3,(H,28,33)(H,29,32)/t24-/m0/s1. The predicted octanol–water partition coefficient (Wildman–Crippen LogP) is 5.25. The lowest BCUT2D eigenvalue weighted by molar-refractivity contribution is -0.154. The van der Waals surface area contributed by atoms with Crippen LogP contribution in [0.4, 0.5) is 0 Å². The predicted molar refractivity (Wildman–Crippen MR) is 136 cm³/mol. The van der Waals surface area contributed by atoms with E-state index in [1.54, 1.807) is 34.6 Å². The average Bonchev–Trinajstić information content (AvgIpc) is 2.74. The molecule has 0 aromatic rings. The highest BCUT2D eigenvalue weighted by Gasteiger charge is 2.27. The van der Waals surface area contributed by atoms with Gasteiger partial charge in [-0.2, -0.15) is 0 Å². The Kier molecular flexibility index (Phi) is 17.4. The third kappa shape index (κ3) is 17.5. The minimum absolute atomic E-state index is 0.188. The van der Waals surface area contributed by atoms with Crippen LogP contribution in [0.25, 0.3) is 0 Å². The highest BCUT2D eigenvalue weighted by Crippen LogP contribution is 2.13. The molecule has 0 saturated carbocycles. The second kappa shape index (κ2) is 18.4. The number of ketones is 1. The normalized spacial score (nSPS) is 12.3. The summed E-state index contributed by atoms with van der Waals surface area (Å²) in [6.45, 7) is 10.7. The molecule has 0 radical (unpaired) electrons. The Bertz CT molecular complexity index is 611. The van der Waals surface area contributed by atoms with Gasteiger partial charge in [-0.1, -0.05) is 91.4 Å². The van der Waals surface area contributed by atoms with Gasteiger partial charge in [-0.25, -0.2) is 0 Å². The minimum Gasteiger partial charge on any atom is -0.459 e. The van der Waals surface area contributed by atoms with Crippen molar-refractivity contribution in [2.24, 2.45) is 5.92 Å². The molecular weight excluding hydrogens is 432 g/mol. The summed E-state index contributed by atoms with van der Waals surface area (Å²) in [6.07, 6.45) is 14.5. The smallest absolute Gasteiger partial charge is 0.325 e. The lowest BCUT2D eigenvalue weighted by Gasteiger charge is -2.22. The van der Waals surface area contributed by atoms with Gasteiger partial charge in [-0.3, -0.25) is 19.2 Å². The molecule has 0 fully saturated rings. The Labute approximate surface area is 207 Å². The molecular formula is C27H50N2O5. The molecule has 0 rings (SSSR count). The fraction of sp³-hybridized carbons (Fsp3) is 0.852. The molecule has 0 bridgehead atoms. The first-order valence-corrected chi connectivity index (χ1v) is 13.3. The number of hydrogen-bond donors (Lipinski definition) is 2. The van der Waals surface area contributed by atoms with Crippen LogP contribution in [0.2, 0.25) is 0 Å². The van der Waals surface area contributed by atoms with E-state index in [0.717, 1.165) is 12.8 Å². The quantitative estimate of drug-likeness (QED) is 0.149. The lowest BCUT2D eigenvalue weighted by atomic mass is 10.0. The maximum atomic E-state index is 12.4. The number of rotatable bonds is 19. The number of nitrogens with one attached hydrogen (secondary N) is 2. The summed E-state index contributed by atoms with van der Waals surface area (Å²) in [5, 5.41) is 5.01. The number of carbonyl (C=O) groups is 4. The number of esters is 1. The molecule has 7 nitrogen and oxygen atoms in total. The van der Waals surface area contributed by atoms with E-state index in [1.807, 2.05) is 0 Å². The molecule has 0 aliphatic heterocycles. The summed E-state index contributed by atoms with van der Waals surface area (Å²) in [4.78, 5) is 48.7. The molecule has 0 saturated heterocycles. The summed E-state index contributed by atoms with van der Waals surface area (Å²) in [5.41, 5.74) is -0.645. The van der Waals surface area contributed by atoms with Crippen LogP contribution in [-0.4, -0.2) is 41.8 Å². The first-order valence-electron chi connectivity index (χ1n) is 13.3. The van der Waals surface area contributed by atoms with Crippen molar-refractivity contribution in [2.75, 3.05) is 6.54 Å². The van der Waals surface area contributed by atoms with Crippen LogP contribution in [0.1, 0.15) is 125 Å². The molecule has 0 heterocycles. The number of hydrogen-bond acceptors (Lipinski definition) is 5. The van der Waals surface area contributed by atoms with Gasteiger partial charge in [0.15, 0.2) is 0 Å². The number of amides is 2. The second-order valence-electron chi connectivity index (χ2n) is 10.6. The van der Waals surface area contributed by atoms with Gasteiger partial charge in [0.25, 0.3) is 5.91 Å². The Hall–Kier alpha value is -1.92. The van der Waals surface area contributed by atoms with Gasteiger partial charge in [0, 0.05) is 6.42 Å². The fourth-order valence-corrected chi connectivity index (χ4v) is 3.64. The van der Waals surface area contributed by atoms with Gasteiger partial charge in [0.1, 0.15) is 18.2 Å². The van der Waals surface area contributed by atoms with Crippen LogP contribution >= 0.6 is 0 Å². The van der Waals surface area contributed by atoms with Crippen LogP contribution in [-0.2, 0) is 23.9 Å². The number of ether oxygens (including phenoxy) is 1. The van der Waals surface area contributed by atoms with E-state index in [-0.39, 0.29) is 18.9 Å². The monoisotopic (exact) mass is 482 g/mol. The molecule has 7 heteroatoms. The van der Waals surface area contributed by atoms with Gasteiger partial charge in [-0.05, 0) is 33.1 Å².